The predicted molar refractivity (Wildman–Crippen MR) is 126 cm³/mol. The van der Waals surface area contributed by atoms with E-state index in [4.69, 9.17) is 4.74 Å². The van der Waals surface area contributed by atoms with E-state index in [0.717, 1.165) is 21.5 Å². The van der Waals surface area contributed by atoms with Gasteiger partial charge in [0, 0.05) is 28.1 Å². The van der Waals surface area contributed by atoms with Crippen LogP contribution < -0.4 is 10.1 Å². The number of H-pyrrole nitrogens is 1. The van der Waals surface area contributed by atoms with Gasteiger partial charge in [-0.2, -0.15) is 5.10 Å². The molecule has 1 aromatic carbocycles. The first-order valence-corrected chi connectivity index (χ1v) is 12.9. The van der Waals surface area contributed by atoms with E-state index in [2.05, 4.69) is 25.5 Å². The molecule has 170 valence electrons. The van der Waals surface area contributed by atoms with E-state index < -0.39 is 9.84 Å². The Hall–Kier alpha value is -3.31. The molecule has 5 rings (SSSR count). The van der Waals surface area contributed by atoms with Gasteiger partial charge in [-0.3, -0.25) is 9.89 Å². The molecule has 0 bridgehead atoms. The number of hydrogen-bond acceptors (Lipinski definition) is 8. The van der Waals surface area contributed by atoms with Gasteiger partial charge < -0.3 is 10.1 Å². The summed E-state index contributed by atoms with van der Waals surface area (Å²) in [5.74, 6) is -0.151. The van der Waals surface area contributed by atoms with E-state index in [-0.39, 0.29) is 22.8 Å². The van der Waals surface area contributed by atoms with Crippen molar-refractivity contribution in [1.29, 1.82) is 0 Å². The summed E-state index contributed by atoms with van der Waals surface area (Å²) in [7, 11) is -1.78. The van der Waals surface area contributed by atoms with Crippen LogP contribution in [0.4, 0.5) is 5.69 Å². The maximum Gasteiger partial charge on any atom is 0.275 e. The van der Waals surface area contributed by atoms with Crippen LogP contribution in [0.3, 0.4) is 0 Å². The summed E-state index contributed by atoms with van der Waals surface area (Å²) in [6.45, 7) is 1.84. The van der Waals surface area contributed by atoms with Crippen molar-refractivity contribution < 1.29 is 17.9 Å². The van der Waals surface area contributed by atoms with Gasteiger partial charge in [-0.1, -0.05) is 0 Å². The molecule has 0 atom stereocenters. The van der Waals surface area contributed by atoms with Gasteiger partial charge >= 0.3 is 0 Å². The number of thiazole rings is 1. The Morgan fingerprint density at radius 3 is 2.76 bits per heavy atom. The number of carbonyl (C=O) groups is 1. The number of anilines is 1. The number of benzene rings is 1. The normalized spacial score (nSPS) is 13.9. The van der Waals surface area contributed by atoms with Crippen LogP contribution in [0.15, 0.2) is 36.0 Å². The molecule has 1 aliphatic rings. The molecule has 0 aliphatic heterocycles. The van der Waals surface area contributed by atoms with E-state index in [0.29, 0.717) is 35.3 Å². The second kappa shape index (κ2) is 8.23. The number of aryl methyl sites for hydroxylation is 1. The molecule has 0 spiro atoms. The molecule has 0 radical (unpaired) electrons. The number of hydrogen-bond donors (Lipinski definition) is 2. The fourth-order valence-corrected chi connectivity index (χ4v) is 6.00. The summed E-state index contributed by atoms with van der Waals surface area (Å²) in [4.78, 5) is 21.3. The molecule has 11 heteroatoms. The number of methoxy groups -OCH3 is 1. The third-order valence-corrected chi connectivity index (χ3v) is 8.47. The first-order valence-electron chi connectivity index (χ1n) is 10.3. The lowest BCUT2D eigenvalue weighted by Gasteiger charge is -2.12. The van der Waals surface area contributed by atoms with Crippen molar-refractivity contribution >= 4 is 43.7 Å². The van der Waals surface area contributed by atoms with Crippen LogP contribution in [0.25, 0.3) is 22.0 Å². The highest BCUT2D eigenvalue weighted by Gasteiger charge is 2.36. The van der Waals surface area contributed by atoms with Crippen LogP contribution in [0.1, 0.15) is 33.9 Å². The monoisotopic (exact) mass is 483 g/mol. The average molecular weight is 484 g/mol. The number of pyridine rings is 1. The number of nitrogens with one attached hydrogen (secondary N) is 2. The molecule has 1 saturated carbocycles. The van der Waals surface area contributed by atoms with Gasteiger partial charge in [-0.25, -0.2) is 18.4 Å². The largest absolute Gasteiger partial charge is 0.481 e. The Balaban J connectivity index is 1.53. The van der Waals surface area contributed by atoms with E-state index in [1.807, 2.05) is 19.1 Å². The fourth-order valence-electron chi connectivity index (χ4n) is 3.68. The van der Waals surface area contributed by atoms with Crippen molar-refractivity contribution in [2.24, 2.45) is 0 Å². The molecule has 1 fully saturated rings. The zero-order chi connectivity index (χ0) is 23.2. The van der Waals surface area contributed by atoms with Crippen molar-refractivity contribution in [2.45, 2.75) is 30.8 Å². The molecule has 4 aromatic rings. The van der Waals surface area contributed by atoms with Gasteiger partial charge in [0.1, 0.15) is 5.69 Å². The predicted octanol–water partition coefficient (Wildman–Crippen LogP) is 3.73. The molecular formula is C22H21N5O4S2. The first kappa shape index (κ1) is 21.5. The van der Waals surface area contributed by atoms with E-state index >= 15 is 0 Å². The summed E-state index contributed by atoms with van der Waals surface area (Å²) in [6, 6.07) is 5.48. The Labute approximate surface area is 194 Å². The van der Waals surface area contributed by atoms with Crippen molar-refractivity contribution in [3.05, 3.63) is 52.2 Å². The number of sulfone groups is 1. The lowest BCUT2D eigenvalue weighted by molar-refractivity contribution is 0.102. The van der Waals surface area contributed by atoms with Crippen molar-refractivity contribution in [1.82, 2.24) is 20.2 Å². The molecule has 2 N–H and O–H groups in total. The highest BCUT2D eigenvalue weighted by molar-refractivity contribution is 7.91. The van der Waals surface area contributed by atoms with Gasteiger partial charge in [0.25, 0.3) is 5.91 Å². The number of rotatable bonds is 7. The van der Waals surface area contributed by atoms with E-state index in [1.165, 1.54) is 18.4 Å². The summed E-state index contributed by atoms with van der Waals surface area (Å²) < 4.78 is 30.5. The maximum atomic E-state index is 12.7. The Morgan fingerprint density at radius 2 is 2.06 bits per heavy atom. The SMILES string of the molecule is COc1ncc(-c2cc(NC(=O)c3csc(C)n3)c3cn[nH]c3c2)cc1CS(=O)(=O)C1CC1. The highest BCUT2D eigenvalue weighted by atomic mass is 32.2. The highest BCUT2D eigenvalue weighted by Crippen LogP contribution is 2.35. The van der Waals surface area contributed by atoms with Crippen molar-refractivity contribution in [3.63, 3.8) is 0 Å². The standard InChI is InChI=1S/C22H21N5O4S2/c1-12-25-20(10-32-12)21(28)26-18-6-13(7-19-17(18)9-24-27-19)14-5-15(22(31-2)23-8-14)11-33(29,30)16-3-4-16/h5-10,16H,3-4,11H2,1-2H3,(H,24,27)(H,26,28). The first-order chi connectivity index (χ1) is 15.8. The molecule has 9 nitrogen and oxygen atoms in total. The molecule has 3 aromatic heterocycles. The van der Waals surface area contributed by atoms with Gasteiger partial charge in [-0.15, -0.1) is 11.3 Å². The zero-order valence-electron chi connectivity index (χ0n) is 18.0. The van der Waals surface area contributed by atoms with Gasteiger partial charge in [0.15, 0.2) is 9.84 Å². The molecule has 1 aliphatic carbocycles. The number of carbonyl (C=O) groups excluding carboxylic acids is 1. The summed E-state index contributed by atoms with van der Waals surface area (Å²) in [6.07, 6.45) is 4.67. The fraction of sp³-hybridized carbons (Fsp3) is 0.273. The second-order valence-corrected chi connectivity index (χ2v) is 11.3. The minimum atomic E-state index is -3.25. The smallest absolute Gasteiger partial charge is 0.275 e. The quantitative estimate of drug-likeness (QED) is 0.410. The lowest BCUT2D eigenvalue weighted by Crippen LogP contribution is -2.12. The number of nitrogens with zero attached hydrogens (tertiary/aromatic N) is 3. The van der Waals surface area contributed by atoms with Crippen molar-refractivity contribution in [3.8, 4) is 17.0 Å². The zero-order valence-corrected chi connectivity index (χ0v) is 19.6. The van der Waals surface area contributed by atoms with Crippen LogP contribution in [0, 0.1) is 6.92 Å². The van der Waals surface area contributed by atoms with E-state index in [9.17, 15) is 13.2 Å². The maximum absolute atomic E-state index is 12.7. The van der Waals surface area contributed by atoms with Crippen LogP contribution in [0.2, 0.25) is 0 Å². The Kier molecular flexibility index (Phi) is 5.37. The number of ether oxygens (including phenoxy) is 1. The molecular weight excluding hydrogens is 462 g/mol. The van der Waals surface area contributed by atoms with Crippen LogP contribution in [0.5, 0.6) is 5.88 Å². The molecule has 3 heterocycles. The third kappa shape index (κ3) is 4.33. The Morgan fingerprint density at radius 1 is 1.24 bits per heavy atom. The van der Waals surface area contributed by atoms with Gasteiger partial charge in [0.05, 0.1) is 40.5 Å². The molecule has 0 saturated heterocycles. The molecule has 0 unspecified atom stereocenters. The minimum absolute atomic E-state index is 0.124. The Bertz CT molecular complexity index is 1470. The second-order valence-electron chi connectivity index (χ2n) is 7.96. The van der Waals surface area contributed by atoms with E-state index in [1.54, 1.807) is 23.8 Å². The third-order valence-electron chi connectivity index (χ3n) is 5.50. The lowest BCUT2D eigenvalue weighted by atomic mass is 10.0. The van der Waals surface area contributed by atoms with Crippen molar-refractivity contribution in [2.75, 3.05) is 12.4 Å². The van der Waals surface area contributed by atoms with Crippen LogP contribution in [-0.2, 0) is 15.6 Å². The number of aromatic amines is 1. The number of aromatic nitrogens is 4. The number of fused-ring (bicyclic) bond motifs is 1. The number of amides is 1. The van der Waals surface area contributed by atoms with Crippen LogP contribution in [-0.4, -0.2) is 46.9 Å². The molecule has 1 amide bonds. The topological polar surface area (TPSA) is 127 Å². The summed E-state index contributed by atoms with van der Waals surface area (Å²) >= 11 is 1.40. The average Bonchev–Trinajstić information content (AvgIpc) is 3.40. The van der Waals surface area contributed by atoms with Gasteiger partial charge in [0.2, 0.25) is 5.88 Å². The van der Waals surface area contributed by atoms with Crippen LogP contribution >= 0.6 is 11.3 Å². The van der Waals surface area contributed by atoms with Gasteiger partial charge in [-0.05, 0) is 43.5 Å². The molecule has 33 heavy (non-hydrogen) atoms. The summed E-state index contributed by atoms with van der Waals surface area (Å²) in [5.41, 5.74) is 3.59. The summed E-state index contributed by atoms with van der Waals surface area (Å²) in [5, 5.41) is 12.9. The minimum Gasteiger partial charge on any atom is -0.481 e.